The molecule has 0 aliphatic carbocycles. The highest BCUT2D eigenvalue weighted by Crippen LogP contribution is 2.42. The average molecular weight is 507 g/mol. The van der Waals surface area contributed by atoms with Crippen LogP contribution in [0, 0.1) is 0 Å². The minimum Gasteiger partial charge on any atom is -0.543 e. The maximum absolute atomic E-state index is 13.5. The molecule has 36 heavy (non-hydrogen) atoms. The zero-order valence-corrected chi connectivity index (χ0v) is 23.1. The molecular weight excluding hydrogens is 472 g/mol. The summed E-state index contributed by atoms with van der Waals surface area (Å²) < 4.78 is 13.4. The largest absolute Gasteiger partial charge is 0.543 e. The molecule has 2 aliphatic heterocycles. The van der Waals surface area contributed by atoms with Crippen LogP contribution in [0.5, 0.6) is 5.75 Å². The quantitative estimate of drug-likeness (QED) is 0.309. The van der Waals surface area contributed by atoms with Gasteiger partial charge in [0.25, 0.3) is 5.56 Å². The molecule has 1 aromatic carbocycles. The number of fused-ring (bicyclic) bond motifs is 5. The monoisotopic (exact) mass is 506 g/mol. The van der Waals surface area contributed by atoms with E-state index in [9.17, 15) is 14.7 Å². The summed E-state index contributed by atoms with van der Waals surface area (Å²) >= 11 is 0. The molecule has 0 fully saturated rings. The highest BCUT2D eigenvalue weighted by Gasteiger charge is 2.45. The SMILES string of the molecule is CCc1c2c(nc3ccc(O[Si](C)(C)C(C)(C)C)cc13)-c1cc3c(c(=O)n1C2)COC(=O)[C@]3(O)CC. The van der Waals surface area contributed by atoms with Crippen LogP contribution in [0.3, 0.4) is 0 Å². The molecule has 0 unspecified atom stereocenters. The van der Waals surface area contributed by atoms with Gasteiger partial charge < -0.3 is 18.8 Å². The Morgan fingerprint density at radius 1 is 1.17 bits per heavy atom. The number of pyridine rings is 2. The third kappa shape index (κ3) is 3.45. The van der Waals surface area contributed by atoms with Crippen LogP contribution in [0.2, 0.25) is 18.1 Å². The second kappa shape index (κ2) is 8.01. The van der Waals surface area contributed by atoms with Crippen LogP contribution in [0.25, 0.3) is 22.3 Å². The third-order valence-electron chi connectivity index (χ3n) is 8.31. The number of rotatable bonds is 4. The third-order valence-corrected chi connectivity index (χ3v) is 12.7. The molecule has 0 saturated heterocycles. The Morgan fingerprint density at radius 3 is 2.53 bits per heavy atom. The first-order valence-electron chi connectivity index (χ1n) is 12.6. The van der Waals surface area contributed by atoms with Gasteiger partial charge >= 0.3 is 5.97 Å². The first-order chi connectivity index (χ1) is 16.8. The number of benzene rings is 1. The lowest BCUT2D eigenvalue weighted by Gasteiger charge is -2.36. The molecule has 0 spiro atoms. The fourth-order valence-electron chi connectivity index (χ4n) is 5.06. The molecule has 0 bridgehead atoms. The number of aryl methyl sites for hydroxylation is 1. The van der Waals surface area contributed by atoms with E-state index in [0.717, 1.165) is 39.9 Å². The molecule has 1 N–H and O–H groups in total. The minimum atomic E-state index is -2.01. The van der Waals surface area contributed by atoms with E-state index in [1.165, 1.54) is 0 Å². The average Bonchev–Trinajstić information content (AvgIpc) is 3.18. The van der Waals surface area contributed by atoms with Crippen LogP contribution in [-0.2, 0) is 34.7 Å². The van der Waals surface area contributed by atoms with E-state index in [4.69, 9.17) is 14.1 Å². The summed E-state index contributed by atoms with van der Waals surface area (Å²) in [4.78, 5) is 30.9. The number of carbonyl (C=O) groups excluding carboxylic acids is 1. The van der Waals surface area contributed by atoms with Gasteiger partial charge in [-0.2, -0.15) is 0 Å². The molecule has 7 nitrogen and oxygen atoms in total. The van der Waals surface area contributed by atoms with E-state index in [1.54, 1.807) is 17.6 Å². The van der Waals surface area contributed by atoms with Gasteiger partial charge in [0.1, 0.15) is 12.4 Å². The summed E-state index contributed by atoms with van der Waals surface area (Å²) in [7, 11) is -2.01. The first-order valence-corrected chi connectivity index (χ1v) is 15.5. The van der Waals surface area contributed by atoms with Gasteiger partial charge in [-0.05, 0) is 60.8 Å². The molecule has 1 atom stereocenters. The second-order valence-electron chi connectivity index (χ2n) is 11.4. The normalized spacial score (nSPS) is 19.1. The van der Waals surface area contributed by atoms with Crippen LogP contribution in [-0.4, -0.2) is 28.9 Å². The molecule has 4 heterocycles. The van der Waals surface area contributed by atoms with Gasteiger partial charge in [0, 0.05) is 16.5 Å². The van der Waals surface area contributed by atoms with Gasteiger partial charge in [-0.25, -0.2) is 9.78 Å². The standard InChI is InChI=1S/C28H34N2O5Si/c1-8-17-18-12-16(35-36(6,7)27(3,4)5)10-11-22(18)29-24-19(17)14-30-23(24)13-21-20(25(30)31)15-34-26(32)28(21,33)9-2/h10-13,33H,8-9,14-15H2,1-7H3/t28-/m0/s1. The van der Waals surface area contributed by atoms with E-state index in [2.05, 4.69) is 46.9 Å². The Hall–Kier alpha value is -2.97. The predicted octanol–water partition coefficient (Wildman–Crippen LogP) is 5.03. The Morgan fingerprint density at radius 2 is 1.89 bits per heavy atom. The van der Waals surface area contributed by atoms with Crippen molar-refractivity contribution in [2.24, 2.45) is 0 Å². The first kappa shape index (κ1) is 24.7. The van der Waals surface area contributed by atoms with E-state index < -0.39 is 19.9 Å². The molecule has 8 heteroatoms. The van der Waals surface area contributed by atoms with Crippen molar-refractivity contribution in [2.75, 3.05) is 0 Å². The topological polar surface area (TPSA) is 90.6 Å². The van der Waals surface area contributed by atoms with E-state index in [0.29, 0.717) is 23.4 Å². The second-order valence-corrected chi connectivity index (χ2v) is 16.1. The zero-order chi connectivity index (χ0) is 26.2. The molecule has 0 radical (unpaired) electrons. The summed E-state index contributed by atoms with van der Waals surface area (Å²) in [6, 6.07) is 7.80. The maximum atomic E-state index is 13.5. The lowest BCUT2D eigenvalue weighted by atomic mass is 9.86. The predicted molar refractivity (Wildman–Crippen MR) is 142 cm³/mol. The smallest absolute Gasteiger partial charge is 0.343 e. The molecule has 3 aromatic rings. The van der Waals surface area contributed by atoms with Crippen LogP contribution < -0.4 is 9.99 Å². The van der Waals surface area contributed by atoms with E-state index in [1.807, 2.05) is 12.1 Å². The molecule has 0 saturated carbocycles. The fraction of sp³-hybridized carbons (Fsp3) is 0.464. The Labute approximate surface area is 212 Å². The molecule has 0 amide bonds. The van der Waals surface area contributed by atoms with Crippen molar-refractivity contribution in [1.29, 1.82) is 0 Å². The van der Waals surface area contributed by atoms with Crippen molar-refractivity contribution in [2.45, 2.75) is 84.3 Å². The molecule has 2 aromatic heterocycles. The fourth-order valence-corrected chi connectivity index (χ4v) is 6.08. The highest BCUT2D eigenvalue weighted by molar-refractivity contribution is 6.74. The summed E-state index contributed by atoms with van der Waals surface area (Å²) in [5.74, 6) is 0.132. The number of esters is 1. The Balaban J connectivity index is 1.69. The number of nitrogens with zero attached hydrogens (tertiary/aromatic N) is 2. The highest BCUT2D eigenvalue weighted by atomic mass is 28.4. The van der Waals surface area contributed by atoms with Crippen LogP contribution in [0.4, 0.5) is 0 Å². The van der Waals surface area contributed by atoms with Crippen molar-refractivity contribution in [1.82, 2.24) is 9.55 Å². The maximum Gasteiger partial charge on any atom is 0.343 e. The summed E-state index contributed by atoms with van der Waals surface area (Å²) in [6.07, 6.45) is 0.894. The van der Waals surface area contributed by atoms with Gasteiger partial charge in [-0.15, -0.1) is 0 Å². The summed E-state index contributed by atoms with van der Waals surface area (Å²) in [5, 5.41) is 12.2. The molecule has 2 aliphatic rings. The van der Waals surface area contributed by atoms with Crippen molar-refractivity contribution in [3.05, 3.63) is 56.9 Å². The summed E-state index contributed by atoms with van der Waals surface area (Å²) in [6.45, 7) is 15.2. The molecule has 190 valence electrons. The van der Waals surface area contributed by atoms with E-state index in [-0.39, 0.29) is 23.6 Å². The number of cyclic esters (lactones) is 1. The zero-order valence-electron chi connectivity index (χ0n) is 22.1. The number of aliphatic hydroxyl groups is 1. The molecular formula is C28H34N2O5Si. The van der Waals surface area contributed by atoms with Gasteiger partial charge in [0.15, 0.2) is 5.60 Å². The van der Waals surface area contributed by atoms with Crippen LogP contribution >= 0.6 is 0 Å². The number of ether oxygens (including phenoxy) is 1. The number of hydrogen-bond acceptors (Lipinski definition) is 6. The minimum absolute atomic E-state index is 0.0825. The Bertz CT molecular complexity index is 1480. The lowest BCUT2D eigenvalue weighted by Crippen LogP contribution is -2.44. The number of aromatic nitrogens is 2. The van der Waals surface area contributed by atoms with Crippen molar-refractivity contribution < 1.29 is 19.1 Å². The Kier molecular flexibility index (Phi) is 5.50. The van der Waals surface area contributed by atoms with Crippen LogP contribution in [0.15, 0.2) is 29.1 Å². The van der Waals surface area contributed by atoms with Gasteiger partial charge in [0.2, 0.25) is 8.32 Å². The van der Waals surface area contributed by atoms with E-state index >= 15 is 0 Å². The van der Waals surface area contributed by atoms with Crippen LogP contribution in [0.1, 0.15) is 63.3 Å². The summed E-state index contributed by atoms with van der Waals surface area (Å²) in [5.41, 5.74) is 2.93. The van der Waals surface area contributed by atoms with Crippen molar-refractivity contribution in [3.63, 3.8) is 0 Å². The van der Waals surface area contributed by atoms with Gasteiger partial charge in [-0.1, -0.05) is 34.6 Å². The number of hydrogen-bond donors (Lipinski definition) is 1. The number of carbonyl (C=O) groups is 1. The van der Waals surface area contributed by atoms with Crippen molar-refractivity contribution in [3.8, 4) is 17.1 Å². The van der Waals surface area contributed by atoms with Crippen molar-refractivity contribution >= 4 is 25.2 Å². The van der Waals surface area contributed by atoms with Gasteiger partial charge in [0.05, 0.1) is 29.0 Å². The van der Waals surface area contributed by atoms with Gasteiger partial charge in [-0.3, -0.25) is 4.79 Å². The lowest BCUT2D eigenvalue weighted by molar-refractivity contribution is -0.172. The molecule has 5 rings (SSSR count).